The summed E-state index contributed by atoms with van der Waals surface area (Å²) >= 11 is 0. The molecule has 1 aliphatic heterocycles. The number of carbonyl (C=O) groups excluding carboxylic acids is 1. The van der Waals surface area contributed by atoms with Crippen LogP contribution in [0.2, 0.25) is 0 Å². The Balaban J connectivity index is 1.41. The summed E-state index contributed by atoms with van der Waals surface area (Å²) in [5, 5.41) is 5.87. The number of hydrogen-bond acceptors (Lipinski definition) is 4. The first-order chi connectivity index (χ1) is 15.2. The molecule has 0 bridgehead atoms. The Morgan fingerprint density at radius 1 is 0.839 bits per heavy atom. The molecule has 0 fully saturated rings. The molecule has 3 aromatic carbocycles. The van der Waals surface area contributed by atoms with Gasteiger partial charge in [0.05, 0.1) is 30.2 Å². The summed E-state index contributed by atoms with van der Waals surface area (Å²) in [6.07, 6.45) is 2.60. The molecular weight excluding hydrogens is 388 g/mol. The fourth-order valence-electron chi connectivity index (χ4n) is 3.26. The fraction of sp³-hybridized carbons (Fsp3) is 0.154. The number of hydrazone groups is 1. The molecule has 0 aromatic heterocycles. The first-order valence-corrected chi connectivity index (χ1v) is 10.3. The van der Waals surface area contributed by atoms with Gasteiger partial charge < -0.3 is 9.47 Å². The second-order valence-corrected chi connectivity index (χ2v) is 7.10. The lowest BCUT2D eigenvalue weighted by atomic mass is 10.1. The molecule has 5 heteroatoms. The molecule has 1 aliphatic rings. The van der Waals surface area contributed by atoms with Crippen molar-refractivity contribution in [2.45, 2.75) is 13.3 Å². The summed E-state index contributed by atoms with van der Waals surface area (Å²) in [5.74, 6) is 1.44. The zero-order valence-electron chi connectivity index (χ0n) is 17.4. The lowest BCUT2D eigenvalue weighted by molar-refractivity contribution is -0.114. The molecule has 0 radical (unpaired) electrons. The van der Waals surface area contributed by atoms with Crippen molar-refractivity contribution in [2.24, 2.45) is 5.10 Å². The van der Waals surface area contributed by atoms with E-state index < -0.39 is 0 Å². The van der Waals surface area contributed by atoms with Crippen LogP contribution in [0.15, 0.2) is 95.6 Å². The first-order valence-electron chi connectivity index (χ1n) is 10.3. The van der Waals surface area contributed by atoms with Crippen molar-refractivity contribution in [3.05, 3.63) is 96.1 Å². The van der Waals surface area contributed by atoms with E-state index in [2.05, 4.69) is 5.10 Å². The molecule has 0 saturated heterocycles. The highest BCUT2D eigenvalue weighted by Gasteiger charge is 2.28. The molecular formula is C26H24N2O3. The molecule has 156 valence electrons. The molecule has 0 aliphatic carbocycles. The van der Waals surface area contributed by atoms with Gasteiger partial charge in [-0.1, -0.05) is 54.6 Å². The molecule has 0 unspecified atom stereocenters. The highest BCUT2D eigenvalue weighted by atomic mass is 16.5. The van der Waals surface area contributed by atoms with Gasteiger partial charge in [-0.25, -0.2) is 0 Å². The monoisotopic (exact) mass is 412 g/mol. The van der Waals surface area contributed by atoms with Crippen molar-refractivity contribution in [3.8, 4) is 11.5 Å². The van der Waals surface area contributed by atoms with Gasteiger partial charge in [0.15, 0.2) is 0 Å². The van der Waals surface area contributed by atoms with E-state index in [1.807, 2.05) is 97.9 Å². The van der Waals surface area contributed by atoms with E-state index in [0.29, 0.717) is 24.5 Å². The molecule has 0 N–H and O–H groups in total. The number of rotatable bonds is 8. The average molecular weight is 412 g/mol. The predicted molar refractivity (Wildman–Crippen MR) is 124 cm³/mol. The Bertz CT molecular complexity index is 1090. The molecule has 0 saturated carbocycles. The number of anilines is 1. The van der Waals surface area contributed by atoms with Crippen molar-refractivity contribution < 1.29 is 14.3 Å². The van der Waals surface area contributed by atoms with Crippen LogP contribution in [-0.4, -0.2) is 24.8 Å². The second-order valence-electron chi connectivity index (χ2n) is 7.10. The number of amides is 1. The quantitative estimate of drug-likeness (QED) is 0.371. The number of ether oxygens (including phenoxy) is 2. The summed E-state index contributed by atoms with van der Waals surface area (Å²) in [6, 6.07) is 26.8. The van der Waals surface area contributed by atoms with E-state index in [0.717, 1.165) is 29.2 Å². The molecule has 1 amide bonds. The minimum absolute atomic E-state index is 0.144. The van der Waals surface area contributed by atoms with Crippen LogP contribution in [0.25, 0.3) is 6.08 Å². The van der Waals surface area contributed by atoms with Crippen LogP contribution in [0.1, 0.15) is 18.9 Å². The van der Waals surface area contributed by atoms with Gasteiger partial charge in [-0.15, -0.1) is 0 Å². The third-order valence-corrected chi connectivity index (χ3v) is 4.84. The minimum atomic E-state index is -0.144. The van der Waals surface area contributed by atoms with Gasteiger partial charge in [-0.05, 0) is 43.3 Å². The molecule has 0 spiro atoms. The Labute approximate surface area is 182 Å². The second kappa shape index (κ2) is 9.76. The number of nitrogens with zero attached hydrogens (tertiary/aromatic N) is 2. The van der Waals surface area contributed by atoms with Crippen LogP contribution in [0.5, 0.6) is 11.5 Å². The zero-order valence-corrected chi connectivity index (χ0v) is 17.4. The maximum atomic E-state index is 13.0. The highest BCUT2D eigenvalue weighted by molar-refractivity contribution is 6.32. The van der Waals surface area contributed by atoms with Gasteiger partial charge in [-0.3, -0.25) is 4.79 Å². The molecule has 4 rings (SSSR count). The predicted octanol–water partition coefficient (Wildman–Crippen LogP) is 5.34. The average Bonchev–Trinajstić information content (AvgIpc) is 3.09. The van der Waals surface area contributed by atoms with Crippen LogP contribution >= 0.6 is 0 Å². The molecule has 3 aromatic rings. The van der Waals surface area contributed by atoms with Crippen LogP contribution in [0, 0.1) is 0 Å². The van der Waals surface area contributed by atoms with E-state index in [4.69, 9.17) is 9.47 Å². The van der Waals surface area contributed by atoms with Gasteiger partial charge in [0.1, 0.15) is 11.5 Å². The van der Waals surface area contributed by atoms with Crippen molar-refractivity contribution in [2.75, 3.05) is 18.2 Å². The van der Waals surface area contributed by atoms with Gasteiger partial charge in [0.2, 0.25) is 0 Å². The molecule has 5 nitrogen and oxygen atoms in total. The van der Waals surface area contributed by atoms with E-state index in [9.17, 15) is 4.79 Å². The van der Waals surface area contributed by atoms with Gasteiger partial charge >= 0.3 is 0 Å². The standard InChI is InChI=1S/C26H24N2O3/c1-20-24(26(29)28(27-20)22-12-4-2-5-13-22)19-21-11-8-9-16-25(21)31-18-10-17-30-23-14-6-3-7-15-23/h2-9,11-16,19H,10,17-18H2,1H3/b24-19+. The largest absolute Gasteiger partial charge is 0.493 e. The van der Waals surface area contributed by atoms with Crippen molar-refractivity contribution in [1.82, 2.24) is 0 Å². The SMILES string of the molecule is CC1=NN(c2ccccc2)C(=O)/C1=C/c1ccccc1OCCCOc1ccccc1. The Kier molecular flexibility index (Phi) is 6.43. The summed E-state index contributed by atoms with van der Waals surface area (Å²) in [6.45, 7) is 2.94. The minimum Gasteiger partial charge on any atom is -0.493 e. The van der Waals surface area contributed by atoms with E-state index in [1.54, 1.807) is 0 Å². The maximum Gasteiger partial charge on any atom is 0.280 e. The highest BCUT2D eigenvalue weighted by Crippen LogP contribution is 2.27. The van der Waals surface area contributed by atoms with E-state index >= 15 is 0 Å². The van der Waals surface area contributed by atoms with E-state index in [-0.39, 0.29) is 5.91 Å². The van der Waals surface area contributed by atoms with Crippen LogP contribution in [0.4, 0.5) is 5.69 Å². The van der Waals surface area contributed by atoms with Crippen molar-refractivity contribution in [1.29, 1.82) is 0 Å². The van der Waals surface area contributed by atoms with Gasteiger partial charge in [0, 0.05) is 12.0 Å². The Morgan fingerprint density at radius 2 is 1.48 bits per heavy atom. The lowest BCUT2D eigenvalue weighted by Crippen LogP contribution is -2.21. The topological polar surface area (TPSA) is 51.1 Å². The fourth-order valence-corrected chi connectivity index (χ4v) is 3.26. The number of hydrogen-bond donors (Lipinski definition) is 0. The van der Waals surface area contributed by atoms with Crippen LogP contribution in [-0.2, 0) is 4.79 Å². The first kappa shape index (κ1) is 20.4. The maximum absolute atomic E-state index is 13.0. The summed E-state index contributed by atoms with van der Waals surface area (Å²) in [4.78, 5) is 13.0. The third kappa shape index (κ3) is 5.01. The van der Waals surface area contributed by atoms with Gasteiger partial charge in [-0.2, -0.15) is 10.1 Å². The van der Waals surface area contributed by atoms with E-state index in [1.165, 1.54) is 5.01 Å². The van der Waals surface area contributed by atoms with Gasteiger partial charge in [0.25, 0.3) is 5.91 Å². The Hall–Kier alpha value is -3.86. The zero-order chi connectivity index (χ0) is 21.5. The van der Waals surface area contributed by atoms with Crippen molar-refractivity contribution >= 4 is 23.4 Å². The lowest BCUT2D eigenvalue weighted by Gasteiger charge is -2.12. The molecule has 1 heterocycles. The van der Waals surface area contributed by atoms with Crippen LogP contribution < -0.4 is 14.5 Å². The normalized spacial score (nSPS) is 14.6. The smallest absolute Gasteiger partial charge is 0.280 e. The third-order valence-electron chi connectivity index (χ3n) is 4.84. The van der Waals surface area contributed by atoms with Crippen LogP contribution in [0.3, 0.4) is 0 Å². The molecule has 31 heavy (non-hydrogen) atoms. The molecule has 0 atom stereocenters. The summed E-state index contributed by atoms with van der Waals surface area (Å²) < 4.78 is 11.7. The number of carbonyl (C=O) groups is 1. The van der Waals surface area contributed by atoms with Crippen molar-refractivity contribution in [3.63, 3.8) is 0 Å². The number of benzene rings is 3. The summed E-state index contributed by atoms with van der Waals surface area (Å²) in [7, 11) is 0. The summed E-state index contributed by atoms with van der Waals surface area (Å²) in [5.41, 5.74) is 2.84. The Morgan fingerprint density at radius 3 is 2.26 bits per heavy atom. The number of para-hydroxylation sites is 3.